The maximum atomic E-state index is 11.1. The second-order valence-electron chi connectivity index (χ2n) is 4.41. The highest BCUT2D eigenvalue weighted by Crippen LogP contribution is 2.39. The molecule has 1 aliphatic rings. The number of aromatic nitrogens is 1. The van der Waals surface area contributed by atoms with Gasteiger partial charge in [0.15, 0.2) is 5.69 Å². The van der Waals surface area contributed by atoms with Gasteiger partial charge < -0.3 is 5.11 Å². The van der Waals surface area contributed by atoms with E-state index in [9.17, 15) is 4.79 Å². The molecule has 1 aromatic rings. The molecule has 0 aliphatic heterocycles. The lowest BCUT2D eigenvalue weighted by Crippen LogP contribution is -2.08. The fourth-order valence-electron chi connectivity index (χ4n) is 1.73. The third-order valence-corrected chi connectivity index (χ3v) is 2.77. The molecule has 0 aromatic carbocycles. The summed E-state index contributed by atoms with van der Waals surface area (Å²) in [5.41, 5.74) is 2.00. The average molecular weight is 205 g/mol. The minimum absolute atomic E-state index is 0.205. The van der Waals surface area contributed by atoms with Crippen molar-refractivity contribution in [1.82, 2.24) is 4.98 Å². The summed E-state index contributed by atoms with van der Waals surface area (Å²) in [5.74, 6) is -0.206. The molecule has 0 atom stereocenters. The highest BCUT2D eigenvalue weighted by Gasteiger charge is 2.26. The minimum Gasteiger partial charge on any atom is -0.477 e. The van der Waals surface area contributed by atoms with E-state index in [2.05, 4.69) is 4.98 Å². The van der Waals surface area contributed by atoms with Crippen LogP contribution in [0.4, 0.5) is 0 Å². The van der Waals surface area contributed by atoms with Gasteiger partial charge in [-0.3, -0.25) is 0 Å². The predicted octanol–water partition coefficient (Wildman–Crippen LogP) is 2.78. The van der Waals surface area contributed by atoms with Crippen molar-refractivity contribution in [1.29, 1.82) is 0 Å². The fourth-order valence-corrected chi connectivity index (χ4v) is 1.73. The van der Waals surface area contributed by atoms with E-state index in [0.717, 1.165) is 24.1 Å². The number of hydrogen-bond acceptors (Lipinski definition) is 2. The molecule has 1 N–H and O–H groups in total. The van der Waals surface area contributed by atoms with E-state index in [-0.39, 0.29) is 11.6 Å². The number of pyridine rings is 1. The summed E-state index contributed by atoms with van der Waals surface area (Å²) in [6.07, 6.45) is 2.29. The molecule has 0 radical (unpaired) electrons. The van der Waals surface area contributed by atoms with E-state index in [4.69, 9.17) is 5.11 Å². The van der Waals surface area contributed by atoms with Crippen molar-refractivity contribution < 1.29 is 9.90 Å². The third-order valence-electron chi connectivity index (χ3n) is 2.77. The minimum atomic E-state index is -0.916. The fraction of sp³-hybridized carbons (Fsp3) is 0.500. The van der Waals surface area contributed by atoms with Crippen molar-refractivity contribution in [3.05, 3.63) is 29.1 Å². The second kappa shape index (κ2) is 3.65. The van der Waals surface area contributed by atoms with Gasteiger partial charge in [-0.2, -0.15) is 0 Å². The molecule has 0 spiro atoms. The average Bonchev–Trinajstić information content (AvgIpc) is 2.99. The number of carboxylic acids is 1. The molecule has 2 rings (SSSR count). The first-order valence-corrected chi connectivity index (χ1v) is 5.33. The number of hydrogen-bond donors (Lipinski definition) is 1. The van der Waals surface area contributed by atoms with Gasteiger partial charge in [-0.1, -0.05) is 19.9 Å². The van der Waals surface area contributed by atoms with Gasteiger partial charge in [-0.05, 0) is 30.4 Å². The summed E-state index contributed by atoms with van der Waals surface area (Å²) in [6, 6.07) is 3.88. The van der Waals surface area contributed by atoms with Gasteiger partial charge in [-0.25, -0.2) is 9.78 Å². The van der Waals surface area contributed by atoms with Crippen LogP contribution in [-0.4, -0.2) is 16.1 Å². The molecule has 0 amide bonds. The smallest absolute Gasteiger partial charge is 0.354 e. The van der Waals surface area contributed by atoms with Crippen LogP contribution < -0.4 is 0 Å². The zero-order valence-electron chi connectivity index (χ0n) is 9.03. The molecule has 3 nitrogen and oxygen atoms in total. The molecule has 1 heterocycles. The van der Waals surface area contributed by atoms with Gasteiger partial charge in [0, 0.05) is 11.6 Å². The van der Waals surface area contributed by atoms with E-state index in [1.165, 1.54) is 0 Å². The summed E-state index contributed by atoms with van der Waals surface area (Å²) < 4.78 is 0. The van der Waals surface area contributed by atoms with E-state index >= 15 is 0 Å². The molecule has 0 unspecified atom stereocenters. The first-order valence-electron chi connectivity index (χ1n) is 5.33. The van der Waals surface area contributed by atoms with Gasteiger partial charge in [0.1, 0.15) is 0 Å². The normalized spacial score (nSPS) is 15.7. The van der Waals surface area contributed by atoms with Gasteiger partial charge in [0.05, 0.1) is 0 Å². The molecule has 0 bridgehead atoms. The zero-order valence-corrected chi connectivity index (χ0v) is 9.03. The van der Waals surface area contributed by atoms with Gasteiger partial charge >= 0.3 is 5.97 Å². The lowest BCUT2D eigenvalue weighted by Gasteiger charge is -2.10. The van der Waals surface area contributed by atoms with Crippen LogP contribution in [0.3, 0.4) is 0 Å². The van der Waals surface area contributed by atoms with Crippen molar-refractivity contribution in [2.75, 3.05) is 0 Å². The Labute approximate surface area is 89.2 Å². The third kappa shape index (κ3) is 2.01. The first-order chi connectivity index (χ1) is 7.09. The molecule has 15 heavy (non-hydrogen) atoms. The van der Waals surface area contributed by atoms with E-state index in [1.54, 1.807) is 0 Å². The molecule has 1 fully saturated rings. The van der Waals surface area contributed by atoms with Crippen LogP contribution in [0, 0.1) is 0 Å². The van der Waals surface area contributed by atoms with Crippen LogP contribution in [0.5, 0.6) is 0 Å². The molecule has 80 valence electrons. The van der Waals surface area contributed by atoms with Crippen LogP contribution in [0.25, 0.3) is 0 Å². The van der Waals surface area contributed by atoms with Crippen LogP contribution in [0.2, 0.25) is 0 Å². The quantitative estimate of drug-likeness (QED) is 0.825. The monoisotopic (exact) mass is 205 g/mol. The molecule has 1 aliphatic carbocycles. The van der Waals surface area contributed by atoms with Crippen LogP contribution >= 0.6 is 0 Å². The van der Waals surface area contributed by atoms with Crippen LogP contribution in [0.15, 0.2) is 12.1 Å². The SMILES string of the molecule is CC(C)c1ccc(C2CC2)nc1C(=O)O. The number of carboxylic acid groups (broad SMARTS) is 1. The number of rotatable bonds is 3. The zero-order chi connectivity index (χ0) is 11.0. The van der Waals surface area contributed by atoms with Gasteiger partial charge in [0.2, 0.25) is 0 Å². The number of carbonyl (C=O) groups is 1. The molecular weight excluding hydrogens is 190 g/mol. The topological polar surface area (TPSA) is 50.2 Å². The van der Waals surface area contributed by atoms with E-state index in [0.29, 0.717) is 5.92 Å². The Kier molecular flexibility index (Phi) is 2.47. The van der Waals surface area contributed by atoms with Gasteiger partial charge in [-0.15, -0.1) is 0 Å². The molecule has 1 aromatic heterocycles. The number of nitrogens with zero attached hydrogens (tertiary/aromatic N) is 1. The molecule has 0 saturated heterocycles. The Hall–Kier alpha value is -1.38. The standard InChI is InChI=1S/C12H15NO2/c1-7(2)9-5-6-10(8-3-4-8)13-11(9)12(14)15/h5-8H,3-4H2,1-2H3,(H,14,15). The van der Waals surface area contributed by atoms with Crippen molar-refractivity contribution in [3.63, 3.8) is 0 Å². The summed E-state index contributed by atoms with van der Waals surface area (Å²) in [7, 11) is 0. The molecule has 3 heteroatoms. The molecular formula is C12H15NO2. The van der Waals surface area contributed by atoms with E-state index < -0.39 is 5.97 Å². The summed E-state index contributed by atoms with van der Waals surface area (Å²) in [5, 5.41) is 9.08. The van der Waals surface area contributed by atoms with Crippen molar-refractivity contribution >= 4 is 5.97 Å². The Morgan fingerprint density at radius 1 is 1.47 bits per heavy atom. The Morgan fingerprint density at radius 3 is 2.60 bits per heavy atom. The van der Waals surface area contributed by atoms with Crippen molar-refractivity contribution in [2.45, 2.75) is 38.5 Å². The molecule has 1 saturated carbocycles. The summed E-state index contributed by atoms with van der Waals surface area (Å²) in [4.78, 5) is 15.3. The highest BCUT2D eigenvalue weighted by atomic mass is 16.4. The van der Waals surface area contributed by atoms with Crippen LogP contribution in [-0.2, 0) is 0 Å². The Balaban J connectivity index is 2.43. The summed E-state index contributed by atoms with van der Waals surface area (Å²) in [6.45, 7) is 3.97. The van der Waals surface area contributed by atoms with E-state index in [1.807, 2.05) is 26.0 Å². The number of aromatic carboxylic acids is 1. The maximum absolute atomic E-state index is 11.1. The van der Waals surface area contributed by atoms with Gasteiger partial charge in [0.25, 0.3) is 0 Å². The lowest BCUT2D eigenvalue weighted by molar-refractivity contribution is 0.0688. The van der Waals surface area contributed by atoms with Crippen LogP contribution in [0.1, 0.15) is 60.3 Å². The predicted molar refractivity (Wildman–Crippen MR) is 57.3 cm³/mol. The maximum Gasteiger partial charge on any atom is 0.354 e. The largest absolute Gasteiger partial charge is 0.477 e. The Morgan fingerprint density at radius 2 is 2.13 bits per heavy atom. The second-order valence-corrected chi connectivity index (χ2v) is 4.41. The highest BCUT2D eigenvalue weighted by molar-refractivity contribution is 5.87. The van der Waals surface area contributed by atoms with Crippen molar-refractivity contribution in [2.24, 2.45) is 0 Å². The Bertz CT molecular complexity index is 395. The van der Waals surface area contributed by atoms with Crippen molar-refractivity contribution in [3.8, 4) is 0 Å². The summed E-state index contributed by atoms with van der Waals surface area (Å²) >= 11 is 0. The first kappa shape index (κ1) is 10.1. The lowest BCUT2D eigenvalue weighted by atomic mass is 10.0.